The molecule has 0 aliphatic carbocycles. The van der Waals surface area contributed by atoms with Crippen LogP contribution in [0, 0.1) is 0 Å². The fraction of sp³-hybridized carbons (Fsp3) is 0.538. The number of rotatable bonds is 4. The van der Waals surface area contributed by atoms with Crippen LogP contribution in [0.25, 0.3) is 0 Å². The normalized spacial score (nSPS) is 25.8. The molecule has 1 aliphatic rings. The second-order valence-corrected chi connectivity index (χ2v) is 7.33. The molecular formula is C13H19NO3S. The highest BCUT2D eigenvalue weighted by Crippen LogP contribution is 2.23. The Morgan fingerprint density at radius 3 is 2.56 bits per heavy atom. The van der Waals surface area contributed by atoms with Gasteiger partial charge < -0.3 is 10.4 Å². The van der Waals surface area contributed by atoms with Gasteiger partial charge in [-0.1, -0.05) is 30.3 Å². The Balaban J connectivity index is 2.15. The molecule has 1 aliphatic heterocycles. The monoisotopic (exact) mass is 269 g/mol. The number of nitrogens with one attached hydrogen (secondary N) is 1. The Morgan fingerprint density at radius 2 is 2.06 bits per heavy atom. The molecule has 0 saturated carbocycles. The highest BCUT2D eigenvalue weighted by Gasteiger charge is 2.34. The summed E-state index contributed by atoms with van der Waals surface area (Å²) in [6, 6.07) is 9.54. The lowest BCUT2D eigenvalue weighted by molar-refractivity contribution is 0.164. The summed E-state index contributed by atoms with van der Waals surface area (Å²) in [5.41, 5.74) is 0.378. The van der Waals surface area contributed by atoms with Gasteiger partial charge >= 0.3 is 0 Å². The van der Waals surface area contributed by atoms with Gasteiger partial charge in [0.05, 0.1) is 23.7 Å². The summed E-state index contributed by atoms with van der Waals surface area (Å²) < 4.78 is 22.9. The van der Waals surface area contributed by atoms with Crippen molar-refractivity contribution in [3.8, 4) is 0 Å². The molecule has 4 nitrogen and oxygen atoms in total. The largest absolute Gasteiger partial charge is 0.394 e. The number of benzene rings is 1. The molecule has 5 heteroatoms. The smallest absolute Gasteiger partial charge is 0.151 e. The molecule has 100 valence electrons. The van der Waals surface area contributed by atoms with Gasteiger partial charge in [0.2, 0.25) is 0 Å². The number of sulfone groups is 1. The van der Waals surface area contributed by atoms with Crippen LogP contribution < -0.4 is 5.32 Å². The second kappa shape index (κ2) is 4.99. The Hall–Kier alpha value is -0.910. The average Bonchev–Trinajstić information content (AvgIpc) is 2.69. The minimum Gasteiger partial charge on any atom is -0.394 e. The van der Waals surface area contributed by atoms with Crippen molar-refractivity contribution < 1.29 is 13.5 Å². The predicted octanol–water partition coefficient (Wildman–Crippen LogP) is 0.671. The molecule has 2 atom stereocenters. The number of aliphatic hydroxyl groups excluding tert-OH is 1. The lowest BCUT2D eigenvalue weighted by atomic mass is 9.92. The summed E-state index contributed by atoms with van der Waals surface area (Å²) in [5.74, 6) is 0.399. The average molecular weight is 269 g/mol. The standard InChI is InChI=1S/C13H19NO3S/c1-13(10-15,11-5-3-2-4-6-11)14-12-7-8-18(16,17)9-12/h2-6,12,14-15H,7-10H2,1H3. The van der Waals surface area contributed by atoms with E-state index in [9.17, 15) is 13.5 Å². The molecule has 0 aromatic heterocycles. The third kappa shape index (κ3) is 2.91. The zero-order valence-corrected chi connectivity index (χ0v) is 11.3. The fourth-order valence-corrected chi connectivity index (χ4v) is 4.06. The van der Waals surface area contributed by atoms with Gasteiger partial charge in [-0.15, -0.1) is 0 Å². The zero-order chi connectivity index (χ0) is 13.2. The summed E-state index contributed by atoms with van der Waals surface area (Å²) >= 11 is 0. The Bertz CT molecular complexity index is 500. The van der Waals surface area contributed by atoms with Crippen LogP contribution in [-0.4, -0.2) is 37.7 Å². The fourth-order valence-electron chi connectivity index (χ4n) is 2.39. The molecule has 1 aromatic rings. The number of hydrogen-bond donors (Lipinski definition) is 2. The minimum atomic E-state index is -2.90. The lowest BCUT2D eigenvalue weighted by Gasteiger charge is -2.32. The van der Waals surface area contributed by atoms with Gasteiger partial charge in [-0.2, -0.15) is 0 Å². The minimum absolute atomic E-state index is 0.0619. The predicted molar refractivity (Wildman–Crippen MR) is 71.1 cm³/mol. The maximum absolute atomic E-state index is 11.4. The first-order valence-electron chi connectivity index (χ1n) is 6.10. The van der Waals surface area contributed by atoms with Gasteiger partial charge in [0, 0.05) is 6.04 Å². The Labute approximate surface area is 108 Å². The molecule has 1 aromatic carbocycles. The van der Waals surface area contributed by atoms with Crippen LogP contribution >= 0.6 is 0 Å². The van der Waals surface area contributed by atoms with E-state index in [4.69, 9.17) is 0 Å². The van der Waals surface area contributed by atoms with Gasteiger partial charge in [-0.25, -0.2) is 8.42 Å². The Kier molecular flexibility index (Phi) is 3.75. The molecule has 0 amide bonds. The molecule has 2 rings (SSSR count). The third-order valence-corrected chi connectivity index (χ3v) is 5.25. The molecule has 0 spiro atoms. The van der Waals surface area contributed by atoms with Crippen molar-refractivity contribution in [3.05, 3.63) is 35.9 Å². The van der Waals surface area contributed by atoms with Gasteiger partial charge in [-0.05, 0) is 18.9 Å². The van der Waals surface area contributed by atoms with E-state index in [2.05, 4.69) is 5.32 Å². The maximum Gasteiger partial charge on any atom is 0.151 e. The molecule has 2 N–H and O–H groups in total. The quantitative estimate of drug-likeness (QED) is 0.843. The van der Waals surface area contributed by atoms with Crippen molar-refractivity contribution in [2.45, 2.75) is 24.9 Å². The molecule has 2 unspecified atom stereocenters. The van der Waals surface area contributed by atoms with Crippen LogP contribution in [0.4, 0.5) is 0 Å². The molecule has 1 saturated heterocycles. The van der Waals surface area contributed by atoms with E-state index in [1.54, 1.807) is 0 Å². The van der Waals surface area contributed by atoms with Gasteiger partial charge in [0.25, 0.3) is 0 Å². The van der Waals surface area contributed by atoms with Crippen LogP contribution in [-0.2, 0) is 15.4 Å². The van der Waals surface area contributed by atoms with Crippen molar-refractivity contribution in [2.24, 2.45) is 0 Å². The van der Waals surface area contributed by atoms with Gasteiger partial charge in [0.15, 0.2) is 9.84 Å². The summed E-state index contributed by atoms with van der Waals surface area (Å²) in [6.45, 7) is 1.83. The molecule has 1 heterocycles. The topological polar surface area (TPSA) is 66.4 Å². The van der Waals surface area contributed by atoms with Crippen molar-refractivity contribution in [2.75, 3.05) is 18.1 Å². The van der Waals surface area contributed by atoms with Gasteiger partial charge in [-0.3, -0.25) is 0 Å². The van der Waals surface area contributed by atoms with E-state index in [1.807, 2.05) is 37.3 Å². The van der Waals surface area contributed by atoms with Crippen LogP contribution in [0.1, 0.15) is 18.9 Å². The van der Waals surface area contributed by atoms with Crippen molar-refractivity contribution in [3.63, 3.8) is 0 Å². The van der Waals surface area contributed by atoms with Crippen molar-refractivity contribution in [1.82, 2.24) is 5.32 Å². The van der Waals surface area contributed by atoms with Crippen molar-refractivity contribution >= 4 is 9.84 Å². The summed E-state index contributed by atoms with van der Waals surface area (Å²) in [7, 11) is -2.90. The first-order valence-corrected chi connectivity index (χ1v) is 7.92. The van der Waals surface area contributed by atoms with Crippen LogP contribution in [0.15, 0.2) is 30.3 Å². The summed E-state index contributed by atoms with van der Waals surface area (Å²) in [6.07, 6.45) is 0.616. The zero-order valence-electron chi connectivity index (χ0n) is 10.5. The first-order chi connectivity index (χ1) is 8.45. The molecular weight excluding hydrogens is 250 g/mol. The van der Waals surface area contributed by atoms with Crippen molar-refractivity contribution in [1.29, 1.82) is 0 Å². The van der Waals surface area contributed by atoms with E-state index in [1.165, 1.54) is 0 Å². The molecule has 0 radical (unpaired) electrons. The maximum atomic E-state index is 11.4. The molecule has 1 fully saturated rings. The first kappa shape index (κ1) is 13.5. The molecule has 18 heavy (non-hydrogen) atoms. The number of hydrogen-bond acceptors (Lipinski definition) is 4. The summed E-state index contributed by atoms with van der Waals surface area (Å²) in [5, 5.41) is 12.9. The van der Waals surface area contributed by atoms with Gasteiger partial charge in [0.1, 0.15) is 0 Å². The Morgan fingerprint density at radius 1 is 1.39 bits per heavy atom. The van der Waals surface area contributed by atoms with Crippen LogP contribution in [0.2, 0.25) is 0 Å². The highest BCUT2D eigenvalue weighted by molar-refractivity contribution is 7.91. The van der Waals surface area contributed by atoms with E-state index in [-0.39, 0.29) is 24.2 Å². The third-order valence-electron chi connectivity index (χ3n) is 3.48. The lowest BCUT2D eigenvalue weighted by Crippen LogP contribution is -2.48. The van der Waals surface area contributed by atoms with Crippen LogP contribution in [0.5, 0.6) is 0 Å². The number of aliphatic hydroxyl groups is 1. The van der Waals surface area contributed by atoms with E-state index in [0.29, 0.717) is 6.42 Å². The second-order valence-electron chi connectivity index (χ2n) is 5.10. The summed E-state index contributed by atoms with van der Waals surface area (Å²) in [4.78, 5) is 0. The van der Waals surface area contributed by atoms with Crippen LogP contribution in [0.3, 0.4) is 0 Å². The highest BCUT2D eigenvalue weighted by atomic mass is 32.2. The van der Waals surface area contributed by atoms with E-state index in [0.717, 1.165) is 5.56 Å². The molecule has 0 bridgehead atoms. The SMILES string of the molecule is CC(CO)(NC1CCS(=O)(=O)C1)c1ccccc1. The van der Waals surface area contributed by atoms with E-state index < -0.39 is 15.4 Å². The van der Waals surface area contributed by atoms with E-state index >= 15 is 0 Å².